The van der Waals surface area contributed by atoms with Crippen LogP contribution in [0.15, 0.2) is 25.9 Å². The summed E-state index contributed by atoms with van der Waals surface area (Å²) in [5.74, 6) is 0.624. The van der Waals surface area contributed by atoms with Crippen LogP contribution in [0.4, 0.5) is 0 Å². The maximum atomic E-state index is 9.49. The molecule has 0 aromatic carbocycles. The third-order valence-corrected chi connectivity index (χ3v) is 2.59. The van der Waals surface area contributed by atoms with E-state index >= 15 is 0 Å². The number of aliphatic hydroxyl groups is 1. The molecule has 6 heteroatoms. The third kappa shape index (κ3) is 1.95. The first-order valence-corrected chi connectivity index (χ1v) is 5.26. The van der Waals surface area contributed by atoms with Gasteiger partial charge in [-0.15, -0.1) is 0 Å². The molecule has 2 aromatic rings. The minimum atomic E-state index is -0.687. The smallest absolute Gasteiger partial charge is 0.262 e. The van der Waals surface area contributed by atoms with Crippen LogP contribution in [0.25, 0.3) is 11.5 Å². The van der Waals surface area contributed by atoms with E-state index in [9.17, 15) is 5.11 Å². The van der Waals surface area contributed by atoms with Crippen molar-refractivity contribution in [3.05, 3.63) is 22.8 Å². The number of rotatable bonds is 3. The Bertz CT molecular complexity index is 452. The van der Waals surface area contributed by atoms with Crippen molar-refractivity contribution in [1.29, 1.82) is 0 Å². The summed E-state index contributed by atoms with van der Waals surface area (Å²) in [5, 5.41) is 13.2. The molecule has 5 nitrogen and oxygen atoms in total. The summed E-state index contributed by atoms with van der Waals surface area (Å²) in [6, 6.07) is 1.71. The van der Waals surface area contributed by atoms with Crippen LogP contribution in [-0.4, -0.2) is 15.2 Å². The van der Waals surface area contributed by atoms with E-state index in [-0.39, 0.29) is 0 Å². The fourth-order valence-corrected chi connectivity index (χ4v) is 1.52. The van der Waals surface area contributed by atoms with Crippen molar-refractivity contribution in [2.45, 2.75) is 19.4 Å². The SMILES string of the molecule is CCC(O)c1noc(-c2ccoc2Br)n1. The zero-order valence-electron chi connectivity index (χ0n) is 7.98. The number of aromatic nitrogens is 2. The predicted molar refractivity (Wildman–Crippen MR) is 55.0 cm³/mol. The lowest BCUT2D eigenvalue weighted by atomic mass is 10.3. The molecule has 1 N–H and O–H groups in total. The van der Waals surface area contributed by atoms with E-state index in [0.717, 1.165) is 0 Å². The second-order valence-corrected chi connectivity index (χ2v) is 3.71. The molecule has 0 spiro atoms. The van der Waals surface area contributed by atoms with Gasteiger partial charge in [0.2, 0.25) is 5.82 Å². The van der Waals surface area contributed by atoms with E-state index < -0.39 is 6.10 Å². The number of nitrogens with zero attached hydrogens (tertiary/aromatic N) is 2. The number of halogens is 1. The summed E-state index contributed by atoms with van der Waals surface area (Å²) < 4.78 is 10.6. The van der Waals surface area contributed by atoms with Gasteiger partial charge in [-0.25, -0.2) is 0 Å². The summed E-state index contributed by atoms with van der Waals surface area (Å²) in [6.45, 7) is 1.84. The lowest BCUT2D eigenvalue weighted by Crippen LogP contribution is -1.97. The standard InChI is InChI=1S/C9H9BrN2O3/c1-2-6(13)8-11-9(15-12-8)5-3-4-14-7(5)10/h3-4,6,13H,2H2,1H3. The molecule has 2 aromatic heterocycles. The summed E-state index contributed by atoms with van der Waals surface area (Å²) >= 11 is 3.21. The number of furan rings is 1. The quantitative estimate of drug-likeness (QED) is 0.930. The van der Waals surface area contributed by atoms with Crippen molar-refractivity contribution in [2.24, 2.45) is 0 Å². The highest BCUT2D eigenvalue weighted by atomic mass is 79.9. The molecule has 2 heterocycles. The molecule has 0 bridgehead atoms. The van der Waals surface area contributed by atoms with Gasteiger partial charge >= 0.3 is 0 Å². The van der Waals surface area contributed by atoms with Crippen molar-refractivity contribution in [3.8, 4) is 11.5 Å². The molecule has 0 fully saturated rings. The summed E-state index contributed by atoms with van der Waals surface area (Å²) in [6.07, 6.45) is 1.37. The van der Waals surface area contributed by atoms with E-state index in [4.69, 9.17) is 8.94 Å². The van der Waals surface area contributed by atoms with Crippen LogP contribution in [0.3, 0.4) is 0 Å². The molecule has 80 valence electrons. The van der Waals surface area contributed by atoms with Crippen LogP contribution in [-0.2, 0) is 0 Å². The lowest BCUT2D eigenvalue weighted by Gasteiger charge is -1.97. The first kappa shape index (κ1) is 10.4. The van der Waals surface area contributed by atoms with E-state index in [0.29, 0.717) is 28.4 Å². The Hall–Kier alpha value is -1.14. The molecule has 0 amide bonds. The molecular weight excluding hydrogens is 264 g/mol. The Morgan fingerprint density at radius 3 is 3.00 bits per heavy atom. The van der Waals surface area contributed by atoms with E-state index in [1.54, 1.807) is 6.07 Å². The van der Waals surface area contributed by atoms with Crippen molar-refractivity contribution >= 4 is 15.9 Å². The first-order chi connectivity index (χ1) is 7.22. The zero-order chi connectivity index (χ0) is 10.8. The average Bonchev–Trinajstić information content (AvgIpc) is 2.84. The zero-order valence-corrected chi connectivity index (χ0v) is 9.56. The number of aliphatic hydroxyl groups excluding tert-OH is 1. The molecular formula is C9H9BrN2O3. The molecule has 0 saturated heterocycles. The Labute approximate surface area is 94.2 Å². The third-order valence-electron chi connectivity index (χ3n) is 1.97. The van der Waals surface area contributed by atoms with Crippen molar-refractivity contribution in [1.82, 2.24) is 10.1 Å². The van der Waals surface area contributed by atoms with Gasteiger partial charge in [-0.2, -0.15) is 4.98 Å². The van der Waals surface area contributed by atoms with Crippen molar-refractivity contribution < 1.29 is 14.0 Å². The van der Waals surface area contributed by atoms with E-state index in [1.165, 1.54) is 6.26 Å². The fraction of sp³-hybridized carbons (Fsp3) is 0.333. The molecule has 0 aliphatic heterocycles. The lowest BCUT2D eigenvalue weighted by molar-refractivity contribution is 0.159. The molecule has 0 saturated carbocycles. The highest BCUT2D eigenvalue weighted by Crippen LogP contribution is 2.28. The highest BCUT2D eigenvalue weighted by Gasteiger charge is 2.17. The van der Waals surface area contributed by atoms with Gasteiger partial charge in [0, 0.05) is 0 Å². The number of hydrogen-bond acceptors (Lipinski definition) is 5. The van der Waals surface area contributed by atoms with Crippen LogP contribution in [0.2, 0.25) is 0 Å². The summed E-state index contributed by atoms with van der Waals surface area (Å²) in [5.41, 5.74) is 0.678. The number of hydrogen-bond donors (Lipinski definition) is 1. The highest BCUT2D eigenvalue weighted by molar-refractivity contribution is 9.10. The maximum Gasteiger partial charge on any atom is 0.262 e. The second-order valence-electron chi connectivity index (χ2n) is 2.99. The van der Waals surface area contributed by atoms with E-state index in [1.807, 2.05) is 6.92 Å². The van der Waals surface area contributed by atoms with Gasteiger partial charge in [0.15, 0.2) is 4.67 Å². The fourth-order valence-electron chi connectivity index (χ4n) is 1.11. The van der Waals surface area contributed by atoms with Gasteiger partial charge in [0.05, 0.1) is 11.8 Å². The molecule has 0 aliphatic carbocycles. The molecule has 1 atom stereocenters. The summed E-state index contributed by atoms with van der Waals surface area (Å²) in [4.78, 5) is 4.07. The van der Waals surface area contributed by atoms with Crippen LogP contribution >= 0.6 is 15.9 Å². The van der Waals surface area contributed by atoms with Crippen LogP contribution < -0.4 is 0 Å². The van der Waals surface area contributed by atoms with Crippen molar-refractivity contribution in [2.75, 3.05) is 0 Å². The average molecular weight is 273 g/mol. The van der Waals surface area contributed by atoms with Gasteiger partial charge < -0.3 is 14.0 Å². The van der Waals surface area contributed by atoms with Gasteiger partial charge in [-0.05, 0) is 28.4 Å². The Morgan fingerprint density at radius 1 is 1.60 bits per heavy atom. The van der Waals surface area contributed by atoms with Crippen LogP contribution in [0.1, 0.15) is 25.3 Å². The van der Waals surface area contributed by atoms with Gasteiger partial charge in [0.25, 0.3) is 5.89 Å². The van der Waals surface area contributed by atoms with Gasteiger partial charge in [0.1, 0.15) is 6.10 Å². The molecule has 0 aliphatic rings. The molecule has 0 radical (unpaired) electrons. The minimum Gasteiger partial charge on any atom is -0.457 e. The Balaban J connectivity index is 2.32. The largest absolute Gasteiger partial charge is 0.457 e. The van der Waals surface area contributed by atoms with Gasteiger partial charge in [-0.3, -0.25) is 0 Å². The van der Waals surface area contributed by atoms with Crippen LogP contribution in [0, 0.1) is 0 Å². The monoisotopic (exact) mass is 272 g/mol. The maximum absolute atomic E-state index is 9.49. The Kier molecular flexibility index (Phi) is 2.88. The second kappa shape index (κ2) is 4.16. The summed E-state index contributed by atoms with van der Waals surface area (Å²) in [7, 11) is 0. The van der Waals surface area contributed by atoms with Crippen LogP contribution in [0.5, 0.6) is 0 Å². The van der Waals surface area contributed by atoms with Crippen molar-refractivity contribution in [3.63, 3.8) is 0 Å². The predicted octanol–water partition coefficient (Wildman–Crippen LogP) is 2.54. The molecule has 15 heavy (non-hydrogen) atoms. The first-order valence-electron chi connectivity index (χ1n) is 4.47. The Morgan fingerprint density at radius 2 is 2.40 bits per heavy atom. The molecule has 1 unspecified atom stereocenters. The molecule has 2 rings (SSSR count). The topological polar surface area (TPSA) is 72.3 Å². The minimum absolute atomic E-state index is 0.292. The normalized spacial score (nSPS) is 13.0. The van der Waals surface area contributed by atoms with E-state index in [2.05, 4.69) is 26.1 Å². The van der Waals surface area contributed by atoms with Gasteiger partial charge in [-0.1, -0.05) is 12.1 Å².